The predicted octanol–water partition coefficient (Wildman–Crippen LogP) is 3.93. The van der Waals surface area contributed by atoms with Crippen LogP contribution in [-0.4, -0.2) is 18.0 Å². The Bertz CT molecular complexity index is 953. The maximum Gasteiger partial charge on any atom is 0.255 e. The zero-order valence-electron chi connectivity index (χ0n) is 15.5. The molecule has 0 unspecified atom stereocenters. The van der Waals surface area contributed by atoms with Gasteiger partial charge in [-0.1, -0.05) is 30.3 Å². The molecule has 3 aromatic rings. The molecule has 27 heavy (non-hydrogen) atoms. The Morgan fingerprint density at radius 1 is 1.22 bits per heavy atom. The number of aryl methyl sites for hydroxylation is 1. The first-order valence-corrected chi connectivity index (χ1v) is 9.33. The summed E-state index contributed by atoms with van der Waals surface area (Å²) in [6, 6.07) is 15.6. The van der Waals surface area contributed by atoms with E-state index in [1.807, 2.05) is 55.5 Å². The normalized spacial score (nSPS) is 15.3. The highest BCUT2D eigenvalue weighted by Crippen LogP contribution is 2.33. The topological polar surface area (TPSA) is 77.5 Å². The van der Waals surface area contributed by atoms with E-state index >= 15 is 0 Å². The molecule has 5 nitrogen and oxygen atoms in total. The fourth-order valence-electron chi connectivity index (χ4n) is 3.60. The van der Waals surface area contributed by atoms with Crippen LogP contribution in [0.4, 0.5) is 0 Å². The third-order valence-electron chi connectivity index (χ3n) is 5.39. The van der Waals surface area contributed by atoms with Gasteiger partial charge >= 0.3 is 0 Å². The zero-order chi connectivity index (χ0) is 18.9. The van der Waals surface area contributed by atoms with Crippen LogP contribution in [0, 0.1) is 6.92 Å². The maximum absolute atomic E-state index is 12.9. The average Bonchev–Trinajstić information content (AvgIpc) is 2.99. The van der Waals surface area contributed by atoms with Crippen LogP contribution in [0.1, 0.15) is 40.9 Å². The van der Waals surface area contributed by atoms with E-state index in [0.717, 1.165) is 30.2 Å². The lowest BCUT2D eigenvalue weighted by Gasteiger charge is -2.41. The smallest absolute Gasteiger partial charge is 0.255 e. The van der Waals surface area contributed by atoms with E-state index < -0.39 is 0 Å². The number of carbonyl (C=O) groups excluding carboxylic acids is 1. The van der Waals surface area contributed by atoms with Crippen molar-refractivity contribution in [2.75, 3.05) is 6.54 Å². The van der Waals surface area contributed by atoms with Gasteiger partial charge in [0.05, 0.1) is 11.1 Å². The molecule has 1 fully saturated rings. The predicted molar refractivity (Wildman–Crippen MR) is 105 cm³/mol. The van der Waals surface area contributed by atoms with Gasteiger partial charge in [-0.2, -0.15) is 0 Å². The molecule has 1 saturated carbocycles. The Balaban J connectivity index is 1.59. The molecule has 4 rings (SSSR count). The van der Waals surface area contributed by atoms with Crippen molar-refractivity contribution < 1.29 is 13.9 Å². The number of nitrogens with two attached hydrogens (primary N) is 1. The molecule has 1 heterocycles. The Labute approximate surface area is 158 Å². The van der Waals surface area contributed by atoms with Crippen molar-refractivity contribution >= 4 is 16.9 Å². The largest absolute Gasteiger partial charge is 0.489 e. The van der Waals surface area contributed by atoms with Crippen molar-refractivity contribution in [3.05, 3.63) is 65.4 Å². The molecule has 140 valence electrons. The van der Waals surface area contributed by atoms with Crippen LogP contribution in [0.15, 0.2) is 52.9 Å². The van der Waals surface area contributed by atoms with Gasteiger partial charge in [-0.15, -0.1) is 0 Å². The minimum Gasteiger partial charge on any atom is -0.489 e. The summed E-state index contributed by atoms with van der Waals surface area (Å²) in [5.41, 5.74) is 7.95. The van der Waals surface area contributed by atoms with Crippen LogP contribution in [0.25, 0.3) is 11.0 Å². The first-order valence-electron chi connectivity index (χ1n) is 9.33. The highest BCUT2D eigenvalue weighted by atomic mass is 16.5. The Hall–Kier alpha value is -2.79. The molecule has 1 aromatic heterocycles. The van der Waals surface area contributed by atoms with Gasteiger partial charge in [-0.05, 0) is 49.9 Å². The molecule has 0 bridgehead atoms. The van der Waals surface area contributed by atoms with Gasteiger partial charge in [0.1, 0.15) is 23.7 Å². The van der Waals surface area contributed by atoms with E-state index in [1.165, 1.54) is 0 Å². The van der Waals surface area contributed by atoms with Crippen molar-refractivity contribution in [2.24, 2.45) is 5.73 Å². The SMILES string of the molecule is Cc1oc2ccc(OCc3ccccc3)cc2c1C(=O)NC1(CN)CCC1. The molecular weight excluding hydrogens is 340 g/mol. The summed E-state index contributed by atoms with van der Waals surface area (Å²) in [6.45, 7) is 2.75. The number of benzene rings is 2. The summed E-state index contributed by atoms with van der Waals surface area (Å²) in [5, 5.41) is 3.89. The van der Waals surface area contributed by atoms with Crippen molar-refractivity contribution in [1.29, 1.82) is 0 Å². The minimum atomic E-state index is -0.269. The lowest BCUT2D eigenvalue weighted by Crippen LogP contribution is -2.58. The van der Waals surface area contributed by atoms with E-state index in [0.29, 0.717) is 35.8 Å². The fraction of sp³-hybridized carbons (Fsp3) is 0.318. The highest BCUT2D eigenvalue weighted by Gasteiger charge is 2.38. The lowest BCUT2D eigenvalue weighted by atomic mass is 9.76. The van der Waals surface area contributed by atoms with Crippen molar-refractivity contribution in [3.63, 3.8) is 0 Å². The summed E-state index contributed by atoms with van der Waals surface area (Å²) in [7, 11) is 0. The average molecular weight is 364 g/mol. The summed E-state index contributed by atoms with van der Waals surface area (Å²) >= 11 is 0. The molecule has 0 saturated heterocycles. The van der Waals surface area contributed by atoms with Crippen LogP contribution < -0.4 is 15.8 Å². The quantitative estimate of drug-likeness (QED) is 0.695. The molecule has 0 radical (unpaired) electrons. The summed E-state index contributed by atoms with van der Waals surface area (Å²) in [6.07, 6.45) is 2.95. The van der Waals surface area contributed by atoms with Gasteiger partial charge in [0.2, 0.25) is 0 Å². The van der Waals surface area contributed by atoms with Gasteiger partial charge < -0.3 is 20.2 Å². The second-order valence-corrected chi connectivity index (χ2v) is 7.26. The van der Waals surface area contributed by atoms with Gasteiger partial charge in [0, 0.05) is 11.9 Å². The number of ether oxygens (including phenoxy) is 1. The van der Waals surface area contributed by atoms with Crippen molar-refractivity contribution in [2.45, 2.75) is 38.3 Å². The summed E-state index contributed by atoms with van der Waals surface area (Å²) < 4.78 is 11.7. The Morgan fingerprint density at radius 2 is 2.00 bits per heavy atom. The number of rotatable bonds is 6. The molecular formula is C22H24N2O3. The third kappa shape index (κ3) is 3.43. The van der Waals surface area contributed by atoms with Gasteiger partial charge in [0.15, 0.2) is 0 Å². The Morgan fingerprint density at radius 3 is 2.67 bits per heavy atom. The monoisotopic (exact) mass is 364 g/mol. The summed E-state index contributed by atoms with van der Waals surface area (Å²) in [4.78, 5) is 12.9. The van der Waals surface area contributed by atoms with Gasteiger partial charge in [0.25, 0.3) is 5.91 Å². The molecule has 0 spiro atoms. The molecule has 1 amide bonds. The number of carbonyl (C=O) groups is 1. The second kappa shape index (κ2) is 7.08. The van der Waals surface area contributed by atoms with Crippen LogP contribution in [0.5, 0.6) is 5.75 Å². The summed E-state index contributed by atoms with van der Waals surface area (Å²) in [5.74, 6) is 1.18. The first kappa shape index (κ1) is 17.6. The number of nitrogens with one attached hydrogen (secondary N) is 1. The van der Waals surface area contributed by atoms with Crippen LogP contribution in [0.3, 0.4) is 0 Å². The van der Waals surface area contributed by atoms with E-state index in [2.05, 4.69) is 5.32 Å². The third-order valence-corrected chi connectivity index (χ3v) is 5.39. The number of furan rings is 1. The first-order chi connectivity index (χ1) is 13.1. The molecule has 3 N–H and O–H groups in total. The van der Waals surface area contributed by atoms with E-state index in [4.69, 9.17) is 14.9 Å². The van der Waals surface area contributed by atoms with E-state index in [-0.39, 0.29) is 11.4 Å². The van der Waals surface area contributed by atoms with Gasteiger partial charge in [-0.3, -0.25) is 4.79 Å². The number of amides is 1. The number of fused-ring (bicyclic) bond motifs is 1. The maximum atomic E-state index is 12.9. The van der Waals surface area contributed by atoms with E-state index in [1.54, 1.807) is 0 Å². The molecule has 5 heteroatoms. The van der Waals surface area contributed by atoms with Gasteiger partial charge in [-0.25, -0.2) is 0 Å². The van der Waals surface area contributed by atoms with Crippen LogP contribution >= 0.6 is 0 Å². The zero-order valence-corrected chi connectivity index (χ0v) is 15.5. The van der Waals surface area contributed by atoms with Crippen LogP contribution in [-0.2, 0) is 6.61 Å². The fourth-order valence-corrected chi connectivity index (χ4v) is 3.60. The molecule has 0 aliphatic heterocycles. The molecule has 1 aliphatic rings. The standard InChI is InChI=1S/C22H24N2O3/c1-15-20(21(25)24-22(14-23)10-5-11-22)18-12-17(8-9-19(18)27-15)26-13-16-6-3-2-4-7-16/h2-4,6-9,12H,5,10-11,13-14,23H2,1H3,(H,24,25). The lowest BCUT2D eigenvalue weighted by molar-refractivity contribution is 0.0837. The Kier molecular flexibility index (Phi) is 4.62. The van der Waals surface area contributed by atoms with Crippen LogP contribution in [0.2, 0.25) is 0 Å². The molecule has 0 atom stereocenters. The van der Waals surface area contributed by atoms with Crippen molar-refractivity contribution in [1.82, 2.24) is 5.32 Å². The second-order valence-electron chi connectivity index (χ2n) is 7.26. The molecule has 2 aromatic carbocycles. The minimum absolute atomic E-state index is 0.128. The number of hydrogen-bond donors (Lipinski definition) is 2. The van der Waals surface area contributed by atoms with E-state index in [9.17, 15) is 4.79 Å². The molecule has 1 aliphatic carbocycles. The van der Waals surface area contributed by atoms with Crippen molar-refractivity contribution in [3.8, 4) is 5.75 Å². The number of hydrogen-bond acceptors (Lipinski definition) is 4. The highest BCUT2D eigenvalue weighted by molar-refractivity contribution is 6.07.